The van der Waals surface area contributed by atoms with E-state index in [2.05, 4.69) is 10.4 Å². The van der Waals surface area contributed by atoms with Gasteiger partial charge in [-0.3, -0.25) is 20.0 Å². The van der Waals surface area contributed by atoms with Crippen LogP contribution >= 0.6 is 24.0 Å². The van der Waals surface area contributed by atoms with Gasteiger partial charge in [-0.1, -0.05) is 23.9 Å². The van der Waals surface area contributed by atoms with E-state index in [1.807, 2.05) is 0 Å². The van der Waals surface area contributed by atoms with E-state index >= 15 is 0 Å². The van der Waals surface area contributed by atoms with Gasteiger partial charge in [0, 0.05) is 18.0 Å². The molecule has 1 aromatic carbocycles. The van der Waals surface area contributed by atoms with Crippen LogP contribution in [0.1, 0.15) is 15.9 Å². The van der Waals surface area contributed by atoms with Crippen LogP contribution in [-0.4, -0.2) is 26.1 Å². The monoisotopic (exact) mass is 359 g/mol. The maximum Gasteiger partial charge on any atom is 0.285 e. The third kappa shape index (κ3) is 3.50. The molecule has 0 saturated carbocycles. The van der Waals surface area contributed by atoms with Gasteiger partial charge in [0.1, 0.15) is 5.82 Å². The molecule has 3 rings (SSSR count). The lowest BCUT2D eigenvalue weighted by atomic mass is 10.2. The summed E-state index contributed by atoms with van der Waals surface area (Å²) in [6.07, 6.45) is 4.55. The third-order valence-corrected chi connectivity index (χ3v) is 4.42. The van der Waals surface area contributed by atoms with Gasteiger partial charge in [0.25, 0.3) is 11.8 Å². The normalized spacial score (nSPS) is 15.9. The summed E-state index contributed by atoms with van der Waals surface area (Å²) in [7, 11) is 0. The van der Waals surface area contributed by atoms with Crippen molar-refractivity contribution in [3.8, 4) is 0 Å². The number of carbonyl (C=O) groups is 2. The molecule has 2 aromatic rings. The summed E-state index contributed by atoms with van der Waals surface area (Å²) in [5, 5.41) is 1.03. The van der Waals surface area contributed by atoms with E-state index in [-0.39, 0.29) is 10.1 Å². The summed E-state index contributed by atoms with van der Waals surface area (Å²) in [4.78, 5) is 28.7. The third-order valence-electron chi connectivity index (χ3n) is 3.12. The Labute approximate surface area is 146 Å². The van der Waals surface area contributed by atoms with Crippen LogP contribution in [0.25, 0.3) is 6.08 Å². The zero-order valence-electron chi connectivity index (χ0n) is 12.1. The summed E-state index contributed by atoms with van der Waals surface area (Å²) in [6.45, 7) is 0. The number of carbonyl (C=O) groups excluding carboxylic acids is 2. The average molecular weight is 359 g/mol. The minimum Gasteiger partial charge on any atom is -0.267 e. The second-order valence-electron chi connectivity index (χ2n) is 4.75. The Balaban J connectivity index is 1.77. The molecule has 5 nitrogen and oxygen atoms in total. The van der Waals surface area contributed by atoms with Crippen molar-refractivity contribution in [3.63, 3.8) is 0 Å². The molecular formula is C16H10FN3O2S2. The molecule has 0 radical (unpaired) electrons. The van der Waals surface area contributed by atoms with Crippen LogP contribution in [0.15, 0.2) is 53.7 Å². The number of hydrogen-bond acceptors (Lipinski definition) is 5. The number of aromatic nitrogens is 1. The molecule has 24 heavy (non-hydrogen) atoms. The first-order valence-corrected chi connectivity index (χ1v) is 8.01. The topological polar surface area (TPSA) is 62.3 Å². The summed E-state index contributed by atoms with van der Waals surface area (Å²) >= 11 is 6.21. The first-order chi connectivity index (χ1) is 11.5. The van der Waals surface area contributed by atoms with Gasteiger partial charge in [0.05, 0.1) is 4.91 Å². The fourth-order valence-corrected chi connectivity index (χ4v) is 3.12. The minimum atomic E-state index is -0.461. The van der Waals surface area contributed by atoms with Gasteiger partial charge in [0.2, 0.25) is 0 Å². The summed E-state index contributed by atoms with van der Waals surface area (Å²) in [6, 6.07) is 8.77. The number of thiocarbonyl (C=S) groups is 1. The van der Waals surface area contributed by atoms with Crippen molar-refractivity contribution >= 4 is 46.2 Å². The molecule has 2 amide bonds. The van der Waals surface area contributed by atoms with E-state index < -0.39 is 11.8 Å². The van der Waals surface area contributed by atoms with E-state index in [1.54, 1.807) is 18.2 Å². The molecule has 0 spiro atoms. The quantitative estimate of drug-likeness (QED) is 0.674. The Morgan fingerprint density at radius 1 is 1.21 bits per heavy atom. The summed E-state index contributed by atoms with van der Waals surface area (Å²) < 4.78 is 13.2. The van der Waals surface area contributed by atoms with Crippen LogP contribution in [0.5, 0.6) is 0 Å². The Kier molecular flexibility index (Phi) is 4.68. The Morgan fingerprint density at radius 2 is 1.88 bits per heavy atom. The average Bonchev–Trinajstić information content (AvgIpc) is 2.85. The van der Waals surface area contributed by atoms with E-state index in [0.717, 1.165) is 16.8 Å². The molecule has 0 bridgehead atoms. The first kappa shape index (κ1) is 16.3. The first-order valence-electron chi connectivity index (χ1n) is 6.79. The number of nitrogens with zero attached hydrogens (tertiary/aromatic N) is 2. The lowest BCUT2D eigenvalue weighted by Crippen LogP contribution is -2.44. The number of rotatable bonds is 3. The number of hydrogen-bond donors (Lipinski definition) is 1. The van der Waals surface area contributed by atoms with Crippen molar-refractivity contribution in [2.45, 2.75) is 0 Å². The summed E-state index contributed by atoms with van der Waals surface area (Å²) in [5.41, 5.74) is 3.50. The van der Waals surface area contributed by atoms with Crippen LogP contribution in [0, 0.1) is 5.82 Å². The fraction of sp³-hybridized carbons (Fsp3) is 0. The number of thioether (sulfide) groups is 1. The van der Waals surface area contributed by atoms with Crippen LogP contribution in [0.2, 0.25) is 0 Å². The molecule has 2 heterocycles. The highest BCUT2D eigenvalue weighted by Crippen LogP contribution is 2.31. The van der Waals surface area contributed by atoms with Gasteiger partial charge in [-0.05, 0) is 48.1 Å². The van der Waals surface area contributed by atoms with Gasteiger partial charge in [-0.2, -0.15) is 5.01 Å². The maximum absolute atomic E-state index is 12.9. The minimum absolute atomic E-state index is 0.218. The molecule has 1 aliphatic rings. The lowest BCUT2D eigenvalue weighted by Gasteiger charge is -2.15. The van der Waals surface area contributed by atoms with Crippen molar-refractivity contribution in [2.24, 2.45) is 0 Å². The van der Waals surface area contributed by atoms with E-state index in [4.69, 9.17) is 12.2 Å². The molecule has 120 valence electrons. The van der Waals surface area contributed by atoms with Crippen molar-refractivity contribution < 1.29 is 14.0 Å². The predicted octanol–water partition coefficient (Wildman–Crippen LogP) is 2.77. The van der Waals surface area contributed by atoms with Crippen molar-refractivity contribution in [3.05, 3.63) is 70.6 Å². The Hall–Kier alpha value is -2.58. The smallest absolute Gasteiger partial charge is 0.267 e. The molecule has 8 heteroatoms. The van der Waals surface area contributed by atoms with Crippen LogP contribution in [0.4, 0.5) is 4.39 Å². The number of hydrazine groups is 1. The highest BCUT2D eigenvalue weighted by molar-refractivity contribution is 8.26. The molecule has 0 aliphatic carbocycles. The maximum atomic E-state index is 12.9. The number of pyridine rings is 1. The van der Waals surface area contributed by atoms with Gasteiger partial charge in [-0.15, -0.1) is 0 Å². The SMILES string of the molecule is O=C(NN1C(=O)/C(=C/c2ccc(F)cc2)SC1=S)c1ccncc1. The number of benzene rings is 1. The lowest BCUT2D eigenvalue weighted by molar-refractivity contribution is -0.123. The van der Waals surface area contributed by atoms with Gasteiger partial charge < -0.3 is 0 Å². The number of halogens is 1. The molecular weight excluding hydrogens is 349 g/mol. The number of amides is 2. The zero-order chi connectivity index (χ0) is 17.1. The van der Waals surface area contributed by atoms with Crippen molar-refractivity contribution in [1.82, 2.24) is 15.4 Å². The largest absolute Gasteiger partial charge is 0.285 e. The standard InChI is InChI=1S/C16H10FN3O2S2/c17-12-3-1-10(2-4-12)9-13-15(22)20(16(23)24-13)19-14(21)11-5-7-18-8-6-11/h1-9H,(H,19,21)/b13-9-. The van der Waals surface area contributed by atoms with Gasteiger partial charge >= 0.3 is 0 Å². The van der Waals surface area contributed by atoms with E-state index in [0.29, 0.717) is 16.0 Å². The molecule has 1 saturated heterocycles. The van der Waals surface area contributed by atoms with Crippen LogP contribution in [-0.2, 0) is 4.79 Å². The Bertz CT molecular complexity index is 838. The molecule has 0 unspecified atom stereocenters. The molecule has 1 N–H and O–H groups in total. The second-order valence-corrected chi connectivity index (χ2v) is 6.42. The zero-order valence-corrected chi connectivity index (χ0v) is 13.7. The number of nitrogens with one attached hydrogen (secondary N) is 1. The highest BCUT2D eigenvalue weighted by Gasteiger charge is 2.33. The van der Waals surface area contributed by atoms with Crippen LogP contribution < -0.4 is 5.43 Å². The fourth-order valence-electron chi connectivity index (χ4n) is 1.94. The van der Waals surface area contributed by atoms with E-state index in [1.165, 1.54) is 36.7 Å². The molecule has 0 atom stereocenters. The van der Waals surface area contributed by atoms with Crippen LogP contribution in [0.3, 0.4) is 0 Å². The predicted molar refractivity (Wildman–Crippen MR) is 93.1 cm³/mol. The molecule has 1 aliphatic heterocycles. The van der Waals surface area contributed by atoms with Gasteiger partial charge in [0.15, 0.2) is 4.32 Å². The van der Waals surface area contributed by atoms with Crippen molar-refractivity contribution in [1.29, 1.82) is 0 Å². The van der Waals surface area contributed by atoms with Gasteiger partial charge in [-0.25, -0.2) is 4.39 Å². The molecule has 1 aromatic heterocycles. The Morgan fingerprint density at radius 3 is 2.54 bits per heavy atom. The van der Waals surface area contributed by atoms with Crippen molar-refractivity contribution in [2.75, 3.05) is 0 Å². The highest BCUT2D eigenvalue weighted by atomic mass is 32.2. The molecule has 1 fully saturated rings. The summed E-state index contributed by atoms with van der Waals surface area (Å²) in [5.74, 6) is -1.25. The van der Waals surface area contributed by atoms with E-state index in [9.17, 15) is 14.0 Å². The second kappa shape index (κ2) is 6.90.